The average Bonchev–Trinajstić information content (AvgIpc) is 1.75. The number of hydrogen-bond acceptors (Lipinski definition) is 27. The molecule has 5 aliphatic heterocycles. The zero-order valence-electron chi connectivity index (χ0n) is 92.7. The number of aromatic amines is 5. The number of rotatable bonds is 18. The Balaban J connectivity index is 0.000000765. The summed E-state index contributed by atoms with van der Waals surface area (Å²) >= 11 is 1.72. The summed E-state index contributed by atoms with van der Waals surface area (Å²) in [5.41, 5.74) is 13.5. The van der Waals surface area contributed by atoms with Crippen molar-refractivity contribution in [3.05, 3.63) is 263 Å². The Morgan fingerprint density at radius 2 is 1.05 bits per heavy atom. The number of allylic oxidation sites excluding steroid dienone is 2. The number of aromatic nitrogens is 23. The van der Waals surface area contributed by atoms with Gasteiger partial charge in [0.05, 0.1) is 35.7 Å². The van der Waals surface area contributed by atoms with E-state index in [0.717, 1.165) is 97.0 Å². The molecule has 0 spiro atoms. The van der Waals surface area contributed by atoms with E-state index >= 15 is 0 Å². The van der Waals surface area contributed by atoms with Crippen LogP contribution in [0.15, 0.2) is 235 Å². The van der Waals surface area contributed by atoms with Crippen molar-refractivity contribution < 1.29 is 9.21 Å². The number of nitrogens with zero attached hydrogens (tertiary/aromatic N) is 25. The van der Waals surface area contributed by atoms with Crippen LogP contribution in [0, 0.1) is 23.7 Å². The van der Waals surface area contributed by atoms with Crippen LogP contribution in [-0.2, 0) is 0 Å². The van der Waals surface area contributed by atoms with Crippen LogP contribution in [0.25, 0.3) is 0 Å². The van der Waals surface area contributed by atoms with Crippen LogP contribution < -0.4 is 16.6 Å². The maximum absolute atomic E-state index is 10.8. The first-order valence-electron chi connectivity index (χ1n) is 50.2. The van der Waals surface area contributed by atoms with Crippen LogP contribution in [0.3, 0.4) is 0 Å². The summed E-state index contributed by atoms with van der Waals surface area (Å²) in [5, 5.41) is 41.4. The molecule has 12 aromatic heterocycles. The first-order valence-corrected chi connectivity index (χ1v) is 51.1. The highest BCUT2D eigenvalue weighted by molar-refractivity contribution is 7.09. The monoisotopic (exact) mass is 2000 g/mol. The Morgan fingerprint density at radius 1 is 0.451 bits per heavy atom. The van der Waals surface area contributed by atoms with Gasteiger partial charge in [-0.2, -0.15) is 35.7 Å². The number of hydrogen-bond donors (Lipinski definition) is 7. The minimum absolute atomic E-state index is 0.0741. The van der Waals surface area contributed by atoms with E-state index in [-0.39, 0.29) is 17.5 Å². The maximum Gasteiger partial charge on any atom is 0.317 e. The number of nitrogens with one attached hydrogen (secondary N) is 6. The Hall–Kier alpha value is -13.1. The molecule has 2 amide bonds. The lowest BCUT2D eigenvalue weighted by Gasteiger charge is -2.17. The minimum atomic E-state index is -0.0845. The van der Waals surface area contributed by atoms with Gasteiger partial charge in [-0.3, -0.25) is 59.4 Å². The fourth-order valence-electron chi connectivity index (χ4n) is 11.0. The van der Waals surface area contributed by atoms with E-state index in [1.807, 2.05) is 147 Å². The molecule has 144 heavy (non-hydrogen) atoms. The van der Waals surface area contributed by atoms with Crippen molar-refractivity contribution in [3.8, 4) is 0 Å². The van der Waals surface area contributed by atoms with Crippen LogP contribution in [0.1, 0.15) is 377 Å². The smallest absolute Gasteiger partial charge is 0.317 e. The van der Waals surface area contributed by atoms with Crippen LogP contribution in [-0.4, -0.2) is 200 Å². The standard InChI is InChI=1S/C8H14N2.C8H11N.C7H10N2O.2C7H10N2.C7H11N.C6H12N2O.6C6H10N2.C6H9NO.C6H9NS.2C5H9N3/c1-6(2)8-4-3-7(5-9)10-8;1-7(2)8-5-3-4-6-9-8;1-5(2)7-8-4-3-6(10)9-7;1-6(2)7-5-8-3-4-9-7;1-6(2)7-8-4-3-5-9-7;1-6(2)7-4-3-5-8-7;1-5(2)8-4-3-7-6(8)9;2*1-6(2)8-5-3-4-7-8;2*1-5(2)6-7-3-4-8-6;2*1-5(2)6-3-4-7-8-6;2*1-5(2)6-7-3-4-8-6;2*1-4(2)5-6-3-7-8-5/h3,6H,4-5,9H2,1-2H3;3-7H,1-2H3;3-5H,1-2H3,(H,8,9,10);2*3-6H,1-2H3;3-4,6H,5H2,1-2H3;5H,3-4H2,1-2H3,(H,7,9);2*3-6H,1-2H3;3,5H,4H2,1-2H3;3-5H,1-2H3,(H,7,8);4-5H,3H2,1-2H3;3-5H,1-2H3,(H,7,8);2*3-5H,1-2H3;2*3-4H,1-2H3,(H,6,7,8). The zero-order valence-corrected chi connectivity index (χ0v) is 93.5. The Bertz CT molecular complexity index is 4750. The molecule has 1 saturated heterocycles. The highest BCUT2D eigenvalue weighted by Crippen LogP contribution is 2.19. The molecule has 0 saturated carbocycles. The Labute approximate surface area is 863 Å². The molecule has 17 heterocycles. The van der Waals surface area contributed by atoms with Crippen LogP contribution in [0.4, 0.5) is 4.79 Å². The molecule has 35 nitrogen and oxygen atoms in total. The third-order valence-electron chi connectivity index (χ3n) is 19.8. The van der Waals surface area contributed by atoms with Crippen LogP contribution in [0.2, 0.25) is 0 Å². The number of imidazole rings is 1. The van der Waals surface area contributed by atoms with Crippen molar-refractivity contribution in [2.45, 2.75) is 326 Å². The first kappa shape index (κ1) is 129. The predicted octanol–water partition coefficient (Wildman–Crippen LogP) is 24.2. The van der Waals surface area contributed by atoms with Gasteiger partial charge in [-0.1, -0.05) is 212 Å². The van der Waals surface area contributed by atoms with Gasteiger partial charge in [0.1, 0.15) is 53.9 Å². The molecule has 0 radical (unpaired) electrons. The van der Waals surface area contributed by atoms with Gasteiger partial charge in [-0.05, 0) is 120 Å². The van der Waals surface area contributed by atoms with Gasteiger partial charge in [0.2, 0.25) is 0 Å². The first-order chi connectivity index (χ1) is 68.4. The molecule has 17 rings (SSSR count). The molecule has 0 unspecified atom stereocenters. The van der Waals surface area contributed by atoms with E-state index in [4.69, 9.17) is 10.2 Å². The Morgan fingerprint density at radius 3 is 1.30 bits per heavy atom. The highest BCUT2D eigenvalue weighted by atomic mass is 32.1. The normalized spacial score (nSPS) is 12.6. The molecular weight excluding hydrogens is 1830 g/mol. The van der Waals surface area contributed by atoms with Crippen molar-refractivity contribution >= 4 is 52.8 Å². The van der Waals surface area contributed by atoms with Gasteiger partial charge in [0, 0.05) is 243 Å². The van der Waals surface area contributed by atoms with Gasteiger partial charge in [0.15, 0.2) is 5.89 Å². The largest absolute Gasteiger partial charge is 0.449 e. The van der Waals surface area contributed by atoms with Crippen molar-refractivity contribution in [2.75, 3.05) is 32.7 Å². The fourth-order valence-corrected chi connectivity index (χ4v) is 11.7. The second kappa shape index (κ2) is 76.5. The number of pyridine rings is 1. The van der Waals surface area contributed by atoms with Gasteiger partial charge in [0.25, 0.3) is 5.56 Å². The third kappa shape index (κ3) is 60.3. The second-order valence-corrected chi connectivity index (χ2v) is 39.0. The summed E-state index contributed by atoms with van der Waals surface area (Å²) in [6.07, 6.45) is 45.1. The number of thiazole rings is 1. The van der Waals surface area contributed by atoms with Crippen molar-refractivity contribution in [2.24, 2.45) is 59.6 Å². The average molecular weight is 2000 g/mol. The van der Waals surface area contributed by atoms with Crippen LogP contribution in [0.5, 0.6) is 0 Å². The summed E-state index contributed by atoms with van der Waals surface area (Å²) < 4.78 is 8.82. The molecule has 0 aromatic carbocycles. The molecule has 0 aliphatic carbocycles. The molecule has 12 aromatic rings. The molecule has 1 fully saturated rings. The summed E-state index contributed by atoms with van der Waals surface area (Å²) in [7, 11) is 0. The second-order valence-electron chi connectivity index (χ2n) is 38.1. The lowest BCUT2D eigenvalue weighted by atomic mass is 10.1. The highest BCUT2D eigenvalue weighted by Gasteiger charge is 2.21. The number of carbonyl (C=O) groups excluding carboxylic acids is 1. The van der Waals surface area contributed by atoms with Gasteiger partial charge >= 0.3 is 6.03 Å². The number of nitrogens with two attached hydrogens (primary N) is 1. The lowest BCUT2D eigenvalue weighted by Crippen LogP contribution is -2.33. The number of H-pyrrole nitrogens is 5. The minimum Gasteiger partial charge on any atom is -0.449 e. The van der Waals surface area contributed by atoms with E-state index < -0.39 is 0 Å². The number of urea groups is 1. The van der Waals surface area contributed by atoms with E-state index in [0.29, 0.717) is 102 Å². The van der Waals surface area contributed by atoms with Gasteiger partial charge < -0.3 is 30.3 Å². The summed E-state index contributed by atoms with van der Waals surface area (Å²) in [5.74, 6) is 13.4. The number of oxazole rings is 1. The van der Waals surface area contributed by atoms with E-state index in [9.17, 15) is 9.59 Å². The van der Waals surface area contributed by atoms with Crippen molar-refractivity contribution in [3.63, 3.8) is 0 Å². The van der Waals surface area contributed by atoms with Gasteiger partial charge in [-0.15, -0.1) is 11.3 Å². The van der Waals surface area contributed by atoms with E-state index in [1.165, 1.54) is 52.8 Å². The molecule has 8 N–H and O–H groups in total. The molecule has 790 valence electrons. The fraction of sp³-hybridized carbons (Fsp3) is 0.537. The third-order valence-corrected chi connectivity index (χ3v) is 20.8. The van der Waals surface area contributed by atoms with Crippen molar-refractivity contribution in [1.29, 1.82) is 0 Å². The molecule has 36 heteroatoms. The predicted molar refractivity (Wildman–Crippen MR) is 594 cm³/mol. The van der Waals surface area contributed by atoms with Crippen LogP contribution >= 0.6 is 11.3 Å². The lowest BCUT2D eigenvalue weighted by molar-refractivity contribution is 0.206. The number of carbonyl (C=O) groups is 1. The van der Waals surface area contributed by atoms with E-state index in [1.54, 1.807) is 79.6 Å². The zero-order chi connectivity index (χ0) is 108. The molecule has 5 aliphatic rings. The number of amidine groups is 1. The van der Waals surface area contributed by atoms with E-state index in [2.05, 4.69) is 353 Å². The topological polar surface area (TPSA) is 458 Å². The van der Waals surface area contributed by atoms with Crippen molar-refractivity contribution in [1.82, 2.24) is 125 Å². The number of amides is 2. The summed E-state index contributed by atoms with van der Waals surface area (Å²) in [6, 6.07) is 16.5. The molecular formula is C108H174N32O3S. The summed E-state index contributed by atoms with van der Waals surface area (Å²) in [4.78, 5) is 90.2. The molecule has 0 bridgehead atoms. The SMILES string of the molecule is CC(C)C1=NC(CN)=CC1.CC(C)C1=NCC=C1.CC(C)C1=NCC=N1.CC(C)C1=NN=CC1.CC(C)N1CCNC1=O.CC(C)c1ccccn1.CC(C)c1ccn[nH]1.CC(C)c1cnccn1.CC(C)c1ncc[nH]1.CC(C)c1nccc(=O)[nH]1.CC(C)c1ncccn1.CC(C)c1ncco1.CC(C)c1nccs1.CC(C)c1ncn[nH]1.CC(C)c1ncn[nH]1.CC(C)n1cccn1.CC(C)n1cccn1. The quantitative estimate of drug-likeness (QED) is 0.0419. The maximum atomic E-state index is 10.8. The Kier molecular flexibility index (Phi) is 68.5. The summed E-state index contributed by atoms with van der Waals surface area (Å²) in [6.45, 7) is 75.3. The molecule has 0 atom stereocenters. The van der Waals surface area contributed by atoms with Gasteiger partial charge in [-0.25, -0.2) is 49.7 Å². The number of aliphatic imine (C=N–C) groups is 4.